The summed E-state index contributed by atoms with van der Waals surface area (Å²) in [6, 6.07) is 23.5. The Balaban J connectivity index is 1.46. The van der Waals surface area contributed by atoms with Gasteiger partial charge < -0.3 is 15.2 Å². The molecule has 0 fully saturated rings. The van der Waals surface area contributed by atoms with E-state index in [0.29, 0.717) is 0 Å². The summed E-state index contributed by atoms with van der Waals surface area (Å²) in [5, 5.41) is 12.3. The summed E-state index contributed by atoms with van der Waals surface area (Å²) in [5.74, 6) is -1.11. The van der Waals surface area contributed by atoms with Gasteiger partial charge in [0.25, 0.3) is 0 Å². The molecule has 5 heteroatoms. The van der Waals surface area contributed by atoms with Crippen molar-refractivity contribution in [3.8, 4) is 11.1 Å². The van der Waals surface area contributed by atoms with E-state index in [4.69, 9.17) is 4.74 Å². The molecule has 0 saturated carbocycles. The molecule has 1 aliphatic carbocycles. The van der Waals surface area contributed by atoms with Gasteiger partial charge in [0.1, 0.15) is 12.1 Å². The maximum absolute atomic E-state index is 12.3. The van der Waals surface area contributed by atoms with Gasteiger partial charge in [0.05, 0.1) is 0 Å². The molecule has 152 valence electrons. The zero-order chi connectivity index (χ0) is 21.1. The Hall–Kier alpha value is -3.60. The fraction of sp³-hybridized carbons (Fsp3) is 0.200. The molecule has 0 radical (unpaired) electrons. The van der Waals surface area contributed by atoms with Crippen LogP contribution in [0.5, 0.6) is 0 Å². The number of fused-ring (bicyclic) bond motifs is 3. The fourth-order valence-electron chi connectivity index (χ4n) is 3.87. The van der Waals surface area contributed by atoms with E-state index in [9.17, 15) is 14.7 Å². The Morgan fingerprint density at radius 1 is 0.933 bits per heavy atom. The van der Waals surface area contributed by atoms with E-state index in [1.165, 1.54) is 29.2 Å². The molecular formula is C25H23NO4. The number of carbonyl (C=O) groups excluding carboxylic acids is 1. The number of benzene rings is 3. The Morgan fingerprint density at radius 2 is 1.63 bits per heavy atom. The summed E-state index contributed by atoms with van der Waals surface area (Å²) in [5.41, 5.74) is 5.07. The molecule has 4 rings (SSSR count). The van der Waals surface area contributed by atoms with E-state index in [1.807, 2.05) is 60.7 Å². The lowest BCUT2D eigenvalue weighted by atomic mass is 9.91. The van der Waals surface area contributed by atoms with Crippen LogP contribution < -0.4 is 5.32 Å². The molecule has 0 spiro atoms. The minimum atomic E-state index is -1.48. The number of aliphatic carboxylic acids is 1. The second-order valence-electron chi connectivity index (χ2n) is 7.83. The first kappa shape index (κ1) is 19.7. The van der Waals surface area contributed by atoms with Crippen LogP contribution in [0.2, 0.25) is 0 Å². The molecule has 3 aromatic rings. The van der Waals surface area contributed by atoms with Gasteiger partial charge in [-0.05, 0) is 46.7 Å². The molecule has 0 bridgehead atoms. The van der Waals surface area contributed by atoms with Crippen LogP contribution in [0.3, 0.4) is 0 Å². The standard InChI is InChI=1S/C25H23NO4/c1-25(23(27)28,26-24(29)30-16-17-7-3-2-4-8-17)15-18-11-12-22-20(13-18)14-19-9-5-6-10-21(19)22/h2-13H,14-16H2,1H3,(H,26,29)(H,27,28)/t25-/m1/s1. The highest BCUT2D eigenvalue weighted by atomic mass is 16.5. The van der Waals surface area contributed by atoms with Gasteiger partial charge in [0.2, 0.25) is 0 Å². The van der Waals surface area contributed by atoms with Gasteiger partial charge in [-0.3, -0.25) is 0 Å². The first-order chi connectivity index (χ1) is 14.4. The zero-order valence-corrected chi connectivity index (χ0v) is 16.7. The van der Waals surface area contributed by atoms with Gasteiger partial charge in [0.15, 0.2) is 0 Å². The number of carboxylic acids is 1. The molecule has 5 nitrogen and oxygen atoms in total. The predicted octanol–water partition coefficient (Wildman–Crippen LogP) is 4.57. The van der Waals surface area contributed by atoms with E-state index in [1.54, 1.807) is 0 Å². The average Bonchev–Trinajstić information content (AvgIpc) is 3.10. The van der Waals surface area contributed by atoms with Gasteiger partial charge in [-0.25, -0.2) is 9.59 Å². The smallest absolute Gasteiger partial charge is 0.408 e. The highest BCUT2D eigenvalue weighted by molar-refractivity contribution is 5.84. The minimum Gasteiger partial charge on any atom is -0.480 e. The van der Waals surface area contributed by atoms with Crippen molar-refractivity contribution >= 4 is 12.1 Å². The van der Waals surface area contributed by atoms with Gasteiger partial charge in [-0.2, -0.15) is 0 Å². The van der Waals surface area contributed by atoms with Crippen LogP contribution in [0.25, 0.3) is 11.1 Å². The van der Waals surface area contributed by atoms with Crippen LogP contribution in [0, 0.1) is 0 Å². The van der Waals surface area contributed by atoms with E-state index in [-0.39, 0.29) is 13.0 Å². The summed E-state index contributed by atoms with van der Waals surface area (Å²) >= 11 is 0. The number of alkyl carbamates (subject to hydrolysis) is 1. The number of carboxylic acid groups (broad SMARTS) is 1. The zero-order valence-electron chi connectivity index (χ0n) is 16.7. The van der Waals surface area contributed by atoms with Crippen molar-refractivity contribution < 1.29 is 19.4 Å². The first-order valence-electron chi connectivity index (χ1n) is 9.87. The van der Waals surface area contributed by atoms with Crippen molar-refractivity contribution in [2.24, 2.45) is 0 Å². The van der Waals surface area contributed by atoms with E-state index >= 15 is 0 Å². The molecule has 0 saturated heterocycles. The summed E-state index contributed by atoms with van der Waals surface area (Å²) in [4.78, 5) is 24.2. The van der Waals surface area contributed by atoms with Crippen LogP contribution in [0.1, 0.15) is 29.2 Å². The maximum Gasteiger partial charge on any atom is 0.408 e. The third-order valence-corrected chi connectivity index (χ3v) is 5.48. The van der Waals surface area contributed by atoms with Gasteiger partial charge in [0, 0.05) is 6.42 Å². The van der Waals surface area contributed by atoms with Crippen LogP contribution >= 0.6 is 0 Å². The van der Waals surface area contributed by atoms with E-state index in [0.717, 1.165) is 17.5 Å². The Bertz CT molecular complexity index is 1090. The van der Waals surface area contributed by atoms with E-state index in [2.05, 4.69) is 17.4 Å². The van der Waals surface area contributed by atoms with Crippen molar-refractivity contribution in [3.63, 3.8) is 0 Å². The lowest BCUT2D eigenvalue weighted by Gasteiger charge is -2.26. The van der Waals surface area contributed by atoms with Crippen molar-refractivity contribution in [2.45, 2.75) is 31.9 Å². The number of amides is 1. The molecular weight excluding hydrogens is 378 g/mol. The second-order valence-corrected chi connectivity index (χ2v) is 7.83. The molecule has 0 heterocycles. The van der Waals surface area contributed by atoms with Gasteiger partial charge in [-0.15, -0.1) is 0 Å². The van der Waals surface area contributed by atoms with Crippen LogP contribution in [-0.2, 0) is 29.0 Å². The first-order valence-corrected chi connectivity index (χ1v) is 9.87. The van der Waals surface area contributed by atoms with Gasteiger partial charge in [-0.1, -0.05) is 72.8 Å². The topological polar surface area (TPSA) is 75.6 Å². The largest absolute Gasteiger partial charge is 0.480 e. The van der Waals surface area contributed by atoms with Crippen LogP contribution in [-0.4, -0.2) is 22.7 Å². The lowest BCUT2D eigenvalue weighted by molar-refractivity contribution is -0.143. The van der Waals surface area contributed by atoms with Crippen molar-refractivity contribution in [1.82, 2.24) is 5.32 Å². The molecule has 2 N–H and O–H groups in total. The fourth-order valence-corrected chi connectivity index (χ4v) is 3.87. The maximum atomic E-state index is 12.3. The second kappa shape index (κ2) is 8.03. The molecule has 3 aromatic carbocycles. The SMILES string of the molecule is C[C@](Cc1ccc2c(c1)Cc1ccccc1-2)(NC(=O)OCc1ccccc1)C(=O)O. The molecule has 0 unspecified atom stereocenters. The summed E-state index contributed by atoms with van der Waals surface area (Å²) < 4.78 is 5.21. The Labute approximate surface area is 175 Å². The molecule has 0 aromatic heterocycles. The summed E-state index contributed by atoms with van der Waals surface area (Å²) in [7, 11) is 0. The number of hydrogen-bond acceptors (Lipinski definition) is 3. The quantitative estimate of drug-likeness (QED) is 0.496. The number of hydrogen-bond donors (Lipinski definition) is 2. The number of rotatable bonds is 6. The molecule has 1 aliphatic rings. The summed E-state index contributed by atoms with van der Waals surface area (Å²) in [6.45, 7) is 1.58. The third-order valence-electron chi connectivity index (χ3n) is 5.48. The highest BCUT2D eigenvalue weighted by Crippen LogP contribution is 2.37. The van der Waals surface area contributed by atoms with Crippen molar-refractivity contribution in [2.75, 3.05) is 0 Å². The normalized spacial score (nSPS) is 13.6. The lowest BCUT2D eigenvalue weighted by Crippen LogP contribution is -2.53. The minimum absolute atomic E-state index is 0.0828. The van der Waals surface area contributed by atoms with Crippen molar-refractivity contribution in [3.05, 3.63) is 95.1 Å². The molecule has 0 aliphatic heterocycles. The molecule has 1 atom stereocenters. The monoisotopic (exact) mass is 401 g/mol. The van der Waals surface area contributed by atoms with Gasteiger partial charge >= 0.3 is 12.1 Å². The summed E-state index contributed by atoms with van der Waals surface area (Å²) in [6.07, 6.45) is 0.236. The molecule has 1 amide bonds. The Kier molecular flexibility index (Phi) is 5.27. The van der Waals surface area contributed by atoms with Crippen molar-refractivity contribution in [1.29, 1.82) is 0 Å². The Morgan fingerprint density at radius 3 is 2.40 bits per heavy atom. The number of nitrogens with one attached hydrogen (secondary N) is 1. The average molecular weight is 401 g/mol. The molecule has 30 heavy (non-hydrogen) atoms. The predicted molar refractivity (Wildman–Crippen MR) is 114 cm³/mol. The highest BCUT2D eigenvalue weighted by Gasteiger charge is 2.36. The van der Waals surface area contributed by atoms with Crippen LogP contribution in [0.15, 0.2) is 72.8 Å². The number of ether oxygens (including phenoxy) is 1. The van der Waals surface area contributed by atoms with Crippen LogP contribution in [0.4, 0.5) is 4.79 Å². The number of carbonyl (C=O) groups is 2. The third kappa shape index (κ3) is 4.06. The van der Waals surface area contributed by atoms with E-state index < -0.39 is 17.6 Å².